The summed E-state index contributed by atoms with van der Waals surface area (Å²) in [4.78, 5) is 42.2. The first-order valence-electron chi connectivity index (χ1n) is 18.0. The molecule has 0 saturated carbocycles. The highest BCUT2D eigenvalue weighted by molar-refractivity contribution is 5.69. The molecule has 1 fully saturated rings. The summed E-state index contributed by atoms with van der Waals surface area (Å²) in [6.07, 6.45) is -0.0147. The average Bonchev–Trinajstić information content (AvgIpc) is 3.12. The van der Waals surface area contributed by atoms with E-state index in [1.807, 2.05) is 56.3 Å². The molecule has 1 aliphatic heterocycles. The SMILES string of the molecule is CC(C)C[C@@](C)(COc1ccc(-c2ccnc(Nc3ccc(N4CCN(C(=O)OCc5ccccc5)CC4)cn3)c2)nc1C(F)F)NC(=O)OC(C)(C)C. The third-order valence-corrected chi connectivity index (χ3v) is 8.47. The van der Waals surface area contributed by atoms with E-state index in [0.717, 1.165) is 11.3 Å². The van der Waals surface area contributed by atoms with Crippen molar-refractivity contribution in [3.05, 3.63) is 90.4 Å². The van der Waals surface area contributed by atoms with Crippen LogP contribution < -0.4 is 20.3 Å². The number of pyridine rings is 3. The van der Waals surface area contributed by atoms with Crippen LogP contribution >= 0.6 is 0 Å². The van der Waals surface area contributed by atoms with Gasteiger partial charge in [0.2, 0.25) is 0 Å². The van der Waals surface area contributed by atoms with Crippen LogP contribution in [0.4, 0.5) is 35.7 Å². The van der Waals surface area contributed by atoms with E-state index >= 15 is 0 Å². The number of alkyl carbamates (subject to hydrolysis) is 1. The van der Waals surface area contributed by atoms with Crippen LogP contribution in [0.15, 0.2) is 79.1 Å². The minimum atomic E-state index is -2.91. The maximum atomic E-state index is 14.3. The Hall–Kier alpha value is -5.53. The van der Waals surface area contributed by atoms with E-state index in [1.165, 1.54) is 6.07 Å². The second-order valence-electron chi connectivity index (χ2n) is 14.9. The van der Waals surface area contributed by atoms with Crippen LogP contribution in [0.25, 0.3) is 11.3 Å². The van der Waals surface area contributed by atoms with Crippen molar-refractivity contribution in [3.8, 4) is 17.0 Å². The molecule has 12 nitrogen and oxygen atoms in total. The van der Waals surface area contributed by atoms with E-state index in [4.69, 9.17) is 14.2 Å². The lowest BCUT2D eigenvalue weighted by Gasteiger charge is -2.35. The van der Waals surface area contributed by atoms with Crippen molar-refractivity contribution in [1.29, 1.82) is 0 Å². The van der Waals surface area contributed by atoms with Gasteiger partial charge in [-0.3, -0.25) is 0 Å². The summed E-state index contributed by atoms with van der Waals surface area (Å²) in [6, 6.07) is 19.8. The van der Waals surface area contributed by atoms with Gasteiger partial charge in [0.05, 0.1) is 23.1 Å². The molecule has 1 saturated heterocycles. The molecule has 0 aliphatic carbocycles. The number of amides is 2. The van der Waals surface area contributed by atoms with Crippen molar-refractivity contribution < 1.29 is 32.6 Å². The van der Waals surface area contributed by atoms with Gasteiger partial charge in [0.15, 0.2) is 0 Å². The van der Waals surface area contributed by atoms with E-state index in [2.05, 4.69) is 30.5 Å². The lowest BCUT2D eigenvalue weighted by Crippen LogP contribution is -2.52. The second kappa shape index (κ2) is 17.5. The maximum Gasteiger partial charge on any atom is 0.410 e. The number of anilines is 3. The molecule has 14 heteroatoms. The molecular formula is C40H49F2N7O5. The van der Waals surface area contributed by atoms with E-state index in [9.17, 15) is 18.4 Å². The van der Waals surface area contributed by atoms with Gasteiger partial charge in [-0.25, -0.2) is 33.3 Å². The molecule has 0 bridgehead atoms. The van der Waals surface area contributed by atoms with Crippen molar-refractivity contribution >= 4 is 29.5 Å². The lowest BCUT2D eigenvalue weighted by atomic mass is 9.91. The Morgan fingerprint density at radius 2 is 1.65 bits per heavy atom. The predicted molar refractivity (Wildman–Crippen MR) is 203 cm³/mol. The summed E-state index contributed by atoms with van der Waals surface area (Å²) < 4.78 is 45.5. The van der Waals surface area contributed by atoms with E-state index < -0.39 is 29.4 Å². The first-order valence-corrected chi connectivity index (χ1v) is 18.0. The number of benzene rings is 1. The number of alkyl halides is 2. The van der Waals surface area contributed by atoms with Crippen LogP contribution in [-0.4, -0.2) is 76.0 Å². The fourth-order valence-corrected chi connectivity index (χ4v) is 6.13. The summed E-state index contributed by atoms with van der Waals surface area (Å²) in [5, 5.41) is 6.03. The number of carbonyl (C=O) groups excluding carboxylic acids is 2. The van der Waals surface area contributed by atoms with Crippen LogP contribution in [0.2, 0.25) is 0 Å². The zero-order valence-corrected chi connectivity index (χ0v) is 31.6. The molecule has 1 aliphatic rings. The molecule has 54 heavy (non-hydrogen) atoms. The van der Waals surface area contributed by atoms with Crippen LogP contribution in [-0.2, 0) is 16.1 Å². The zero-order chi connectivity index (χ0) is 38.9. The molecule has 4 aromatic rings. The number of halogens is 2. The van der Waals surface area contributed by atoms with Crippen LogP contribution in [0, 0.1) is 5.92 Å². The van der Waals surface area contributed by atoms with Gasteiger partial charge in [0.25, 0.3) is 6.43 Å². The molecule has 2 N–H and O–H groups in total. The average molecular weight is 746 g/mol. The monoisotopic (exact) mass is 745 g/mol. The van der Waals surface area contributed by atoms with E-state index in [-0.39, 0.29) is 31.0 Å². The van der Waals surface area contributed by atoms with E-state index in [0.29, 0.717) is 55.5 Å². The molecule has 2 amide bonds. The third-order valence-electron chi connectivity index (χ3n) is 8.47. The number of nitrogens with one attached hydrogen (secondary N) is 2. The highest BCUT2D eigenvalue weighted by Crippen LogP contribution is 2.32. The topological polar surface area (TPSA) is 131 Å². The molecule has 288 valence electrons. The quantitative estimate of drug-likeness (QED) is 0.138. The Kier molecular flexibility index (Phi) is 12.9. The molecule has 1 aromatic carbocycles. The van der Waals surface area contributed by atoms with Gasteiger partial charge in [0, 0.05) is 37.9 Å². The number of rotatable bonds is 13. The standard InChI is InChI=1S/C40H49F2N7O5/c1-27(2)23-40(6,47-37(50)54-39(3,4)5)26-53-32-14-13-31(45-35(32)36(41)42)29-16-17-43-34(22-29)46-33-15-12-30(24-44-33)48-18-20-49(21-19-48)38(51)52-25-28-10-8-7-9-11-28/h7-17,22,24,27,36H,18-21,23,25-26H2,1-6H3,(H,47,50)(H,43,44,46)/t40-/m0/s1. The number of nitrogens with zero attached hydrogens (tertiary/aromatic N) is 5. The second-order valence-corrected chi connectivity index (χ2v) is 14.9. The van der Waals surface area contributed by atoms with Crippen LogP contribution in [0.3, 0.4) is 0 Å². The third kappa shape index (κ3) is 11.5. The number of ether oxygens (including phenoxy) is 3. The van der Waals surface area contributed by atoms with Crippen molar-refractivity contribution in [1.82, 2.24) is 25.2 Å². The smallest absolute Gasteiger partial charge is 0.410 e. The number of hydrogen-bond acceptors (Lipinski definition) is 10. The fourth-order valence-electron chi connectivity index (χ4n) is 6.13. The summed E-state index contributed by atoms with van der Waals surface area (Å²) in [6.45, 7) is 13.6. The molecule has 0 radical (unpaired) electrons. The van der Waals surface area contributed by atoms with Gasteiger partial charge < -0.3 is 34.6 Å². The van der Waals surface area contributed by atoms with Gasteiger partial charge in [-0.1, -0.05) is 44.2 Å². The Bertz CT molecular complexity index is 1850. The summed E-state index contributed by atoms with van der Waals surface area (Å²) in [5.41, 5.74) is 0.634. The van der Waals surface area contributed by atoms with Crippen molar-refractivity contribution in [2.24, 2.45) is 5.92 Å². The van der Waals surface area contributed by atoms with Crippen LogP contribution in [0.1, 0.15) is 65.6 Å². The number of hydrogen-bond donors (Lipinski definition) is 2. The van der Waals surface area contributed by atoms with Gasteiger partial charge >= 0.3 is 12.2 Å². The number of piperazine rings is 1. The van der Waals surface area contributed by atoms with E-state index in [1.54, 1.807) is 63.2 Å². The summed E-state index contributed by atoms with van der Waals surface area (Å²) >= 11 is 0. The molecule has 3 aromatic heterocycles. The normalized spacial score (nSPS) is 14.4. The van der Waals surface area contributed by atoms with Gasteiger partial charge in [0.1, 0.15) is 41.9 Å². The van der Waals surface area contributed by atoms with Crippen LogP contribution in [0.5, 0.6) is 5.75 Å². The molecular weight excluding hydrogens is 696 g/mol. The minimum absolute atomic E-state index is 0.0691. The van der Waals surface area contributed by atoms with Crippen molar-refractivity contribution in [2.75, 3.05) is 43.0 Å². The summed E-state index contributed by atoms with van der Waals surface area (Å²) in [7, 11) is 0. The summed E-state index contributed by atoms with van der Waals surface area (Å²) in [5.74, 6) is 1.10. The van der Waals surface area contributed by atoms with Gasteiger partial charge in [-0.15, -0.1) is 0 Å². The molecule has 5 rings (SSSR count). The van der Waals surface area contributed by atoms with Crippen molar-refractivity contribution in [3.63, 3.8) is 0 Å². The Labute approximate surface area is 315 Å². The highest BCUT2D eigenvalue weighted by atomic mass is 19.3. The Balaban J connectivity index is 1.19. The molecule has 0 unspecified atom stereocenters. The first kappa shape index (κ1) is 39.7. The first-order chi connectivity index (χ1) is 25.7. The van der Waals surface area contributed by atoms with Gasteiger partial charge in [-0.2, -0.15) is 0 Å². The zero-order valence-electron chi connectivity index (χ0n) is 31.6. The Morgan fingerprint density at radius 3 is 2.30 bits per heavy atom. The molecule has 1 atom stereocenters. The largest absolute Gasteiger partial charge is 0.489 e. The number of aromatic nitrogens is 3. The Morgan fingerprint density at radius 1 is 0.907 bits per heavy atom. The van der Waals surface area contributed by atoms with Crippen molar-refractivity contribution in [2.45, 2.75) is 72.1 Å². The maximum absolute atomic E-state index is 14.3. The predicted octanol–water partition coefficient (Wildman–Crippen LogP) is 8.39. The fraction of sp³-hybridized carbons (Fsp3) is 0.425. The highest BCUT2D eigenvalue weighted by Gasteiger charge is 2.32. The minimum Gasteiger partial charge on any atom is -0.489 e. The lowest BCUT2D eigenvalue weighted by molar-refractivity contribution is 0.0404. The molecule has 0 spiro atoms. The molecule has 4 heterocycles. The number of carbonyl (C=O) groups is 2. The van der Waals surface area contributed by atoms with Gasteiger partial charge in [-0.05, 0) is 82.0 Å².